The van der Waals surface area contributed by atoms with Crippen molar-refractivity contribution in [1.29, 1.82) is 0 Å². The van der Waals surface area contributed by atoms with Crippen LogP contribution in [0, 0.1) is 17.8 Å². The molecule has 0 heterocycles. The Hall–Kier alpha value is -0.0400. The highest BCUT2D eigenvalue weighted by Crippen LogP contribution is 2.47. The van der Waals surface area contributed by atoms with Crippen LogP contribution in [0.4, 0.5) is 0 Å². The molecule has 2 aliphatic carbocycles. The molecule has 0 aromatic rings. The summed E-state index contributed by atoms with van der Waals surface area (Å²) in [5.74, 6) is 2.47. The van der Waals surface area contributed by atoms with E-state index in [4.69, 9.17) is 0 Å². The molecule has 10 heavy (non-hydrogen) atoms. The third-order valence-corrected chi connectivity index (χ3v) is 3.53. The standard InChI is InChI=1S/C9H16O/c1-6-2-3-7(6)8-4-5-9(8)10/h6-10H,2-5H2,1H3. The van der Waals surface area contributed by atoms with Crippen molar-refractivity contribution >= 4 is 0 Å². The summed E-state index contributed by atoms with van der Waals surface area (Å²) in [6, 6.07) is 0. The fourth-order valence-electron chi connectivity index (χ4n) is 2.34. The van der Waals surface area contributed by atoms with E-state index in [9.17, 15) is 5.11 Å². The number of rotatable bonds is 1. The van der Waals surface area contributed by atoms with E-state index in [-0.39, 0.29) is 6.10 Å². The fourth-order valence-corrected chi connectivity index (χ4v) is 2.34. The summed E-state index contributed by atoms with van der Waals surface area (Å²) in [6.45, 7) is 2.32. The molecule has 1 heteroatoms. The van der Waals surface area contributed by atoms with Crippen molar-refractivity contribution in [3.8, 4) is 0 Å². The molecule has 0 aromatic heterocycles. The van der Waals surface area contributed by atoms with E-state index < -0.39 is 0 Å². The number of hydrogen-bond acceptors (Lipinski definition) is 1. The van der Waals surface area contributed by atoms with Gasteiger partial charge in [0, 0.05) is 0 Å². The van der Waals surface area contributed by atoms with Crippen molar-refractivity contribution in [2.24, 2.45) is 17.8 Å². The van der Waals surface area contributed by atoms with Crippen molar-refractivity contribution in [3.63, 3.8) is 0 Å². The molecule has 0 aliphatic heterocycles. The van der Waals surface area contributed by atoms with E-state index in [1.165, 1.54) is 19.3 Å². The minimum Gasteiger partial charge on any atom is -0.393 e. The molecular formula is C9H16O. The van der Waals surface area contributed by atoms with Crippen molar-refractivity contribution in [1.82, 2.24) is 0 Å². The second-order valence-electron chi connectivity index (χ2n) is 4.03. The average molecular weight is 140 g/mol. The number of aliphatic hydroxyl groups excluding tert-OH is 1. The van der Waals surface area contributed by atoms with Gasteiger partial charge in [0.1, 0.15) is 0 Å². The van der Waals surface area contributed by atoms with Gasteiger partial charge >= 0.3 is 0 Å². The fraction of sp³-hybridized carbons (Fsp3) is 1.00. The topological polar surface area (TPSA) is 20.2 Å². The van der Waals surface area contributed by atoms with Gasteiger partial charge < -0.3 is 5.11 Å². The minimum absolute atomic E-state index is 0.0627. The molecule has 0 saturated heterocycles. The molecule has 0 spiro atoms. The molecule has 4 atom stereocenters. The Balaban J connectivity index is 1.87. The first kappa shape index (κ1) is 6.66. The maximum atomic E-state index is 9.36. The van der Waals surface area contributed by atoms with Gasteiger partial charge in [0.05, 0.1) is 6.10 Å². The summed E-state index contributed by atoms with van der Waals surface area (Å²) in [6.07, 6.45) is 5.19. The van der Waals surface area contributed by atoms with Crippen LogP contribution in [0.3, 0.4) is 0 Å². The average Bonchev–Trinajstić information content (AvgIpc) is 1.93. The monoisotopic (exact) mass is 140 g/mol. The van der Waals surface area contributed by atoms with Gasteiger partial charge in [-0.15, -0.1) is 0 Å². The van der Waals surface area contributed by atoms with Crippen molar-refractivity contribution in [2.75, 3.05) is 0 Å². The van der Waals surface area contributed by atoms with Crippen LogP contribution in [0.1, 0.15) is 32.6 Å². The smallest absolute Gasteiger partial charge is 0.0571 e. The summed E-state index contributed by atoms with van der Waals surface area (Å²) in [5.41, 5.74) is 0. The highest BCUT2D eigenvalue weighted by molar-refractivity contribution is 4.92. The molecule has 0 amide bonds. The summed E-state index contributed by atoms with van der Waals surface area (Å²) >= 11 is 0. The van der Waals surface area contributed by atoms with Gasteiger partial charge in [-0.2, -0.15) is 0 Å². The molecule has 2 saturated carbocycles. The highest BCUT2D eigenvalue weighted by Gasteiger charge is 2.41. The summed E-state index contributed by atoms with van der Waals surface area (Å²) < 4.78 is 0. The second-order valence-corrected chi connectivity index (χ2v) is 4.03. The zero-order chi connectivity index (χ0) is 7.14. The van der Waals surface area contributed by atoms with E-state index in [1.54, 1.807) is 0 Å². The van der Waals surface area contributed by atoms with Gasteiger partial charge in [0.25, 0.3) is 0 Å². The van der Waals surface area contributed by atoms with E-state index >= 15 is 0 Å². The number of aliphatic hydroxyl groups is 1. The Kier molecular flexibility index (Phi) is 1.48. The molecule has 0 radical (unpaired) electrons. The van der Waals surface area contributed by atoms with Crippen LogP contribution >= 0.6 is 0 Å². The quantitative estimate of drug-likeness (QED) is 0.589. The lowest BCUT2D eigenvalue weighted by molar-refractivity contribution is -0.0535. The van der Waals surface area contributed by atoms with Crippen LogP contribution in [0.5, 0.6) is 0 Å². The molecular weight excluding hydrogens is 124 g/mol. The van der Waals surface area contributed by atoms with Crippen LogP contribution in [0.15, 0.2) is 0 Å². The third-order valence-electron chi connectivity index (χ3n) is 3.53. The summed E-state index contributed by atoms with van der Waals surface area (Å²) in [7, 11) is 0. The Morgan fingerprint density at radius 1 is 1.00 bits per heavy atom. The predicted molar refractivity (Wildman–Crippen MR) is 40.6 cm³/mol. The SMILES string of the molecule is CC1CCC1C1CCC1O. The van der Waals surface area contributed by atoms with Gasteiger partial charge in [-0.25, -0.2) is 0 Å². The van der Waals surface area contributed by atoms with Gasteiger partial charge in [-0.05, 0) is 37.0 Å². The zero-order valence-electron chi connectivity index (χ0n) is 6.59. The lowest BCUT2D eigenvalue weighted by Gasteiger charge is -2.47. The van der Waals surface area contributed by atoms with Crippen molar-refractivity contribution < 1.29 is 5.11 Å². The Morgan fingerprint density at radius 2 is 1.70 bits per heavy atom. The molecule has 1 nitrogen and oxygen atoms in total. The molecule has 58 valence electrons. The van der Waals surface area contributed by atoms with Gasteiger partial charge in [0.15, 0.2) is 0 Å². The zero-order valence-corrected chi connectivity index (χ0v) is 6.59. The maximum Gasteiger partial charge on any atom is 0.0571 e. The first-order chi connectivity index (χ1) is 4.79. The molecule has 2 rings (SSSR count). The van der Waals surface area contributed by atoms with Gasteiger partial charge in [0.2, 0.25) is 0 Å². The first-order valence-corrected chi connectivity index (χ1v) is 4.47. The number of hydrogen-bond donors (Lipinski definition) is 1. The molecule has 0 aromatic carbocycles. The second kappa shape index (κ2) is 2.23. The van der Waals surface area contributed by atoms with Crippen LogP contribution in [0.25, 0.3) is 0 Å². The van der Waals surface area contributed by atoms with Gasteiger partial charge in [-0.1, -0.05) is 13.3 Å². The largest absolute Gasteiger partial charge is 0.393 e. The normalized spacial score (nSPS) is 53.4. The van der Waals surface area contributed by atoms with Crippen LogP contribution < -0.4 is 0 Å². The minimum atomic E-state index is 0.0627. The van der Waals surface area contributed by atoms with Crippen LogP contribution in [0.2, 0.25) is 0 Å². The Labute approximate surface area is 62.4 Å². The van der Waals surface area contributed by atoms with E-state index in [0.29, 0.717) is 5.92 Å². The maximum absolute atomic E-state index is 9.36. The van der Waals surface area contributed by atoms with Crippen LogP contribution in [-0.4, -0.2) is 11.2 Å². The van der Waals surface area contributed by atoms with Crippen molar-refractivity contribution in [2.45, 2.75) is 38.7 Å². The first-order valence-electron chi connectivity index (χ1n) is 4.47. The molecule has 0 bridgehead atoms. The van der Waals surface area contributed by atoms with Crippen molar-refractivity contribution in [3.05, 3.63) is 0 Å². The molecule has 2 aliphatic rings. The third kappa shape index (κ3) is 0.800. The lowest BCUT2D eigenvalue weighted by Crippen LogP contribution is -2.43. The lowest BCUT2D eigenvalue weighted by atomic mass is 9.60. The summed E-state index contributed by atoms with van der Waals surface area (Å²) in [4.78, 5) is 0. The summed E-state index contributed by atoms with van der Waals surface area (Å²) in [5, 5.41) is 9.36. The van der Waals surface area contributed by atoms with E-state index in [0.717, 1.165) is 18.3 Å². The van der Waals surface area contributed by atoms with E-state index in [1.807, 2.05) is 0 Å². The van der Waals surface area contributed by atoms with E-state index in [2.05, 4.69) is 6.92 Å². The Bertz CT molecular complexity index is 117. The van der Waals surface area contributed by atoms with Crippen LogP contribution in [-0.2, 0) is 0 Å². The Morgan fingerprint density at radius 3 is 1.80 bits per heavy atom. The molecule has 1 N–H and O–H groups in total. The molecule has 2 fully saturated rings. The predicted octanol–water partition coefficient (Wildman–Crippen LogP) is 1.80. The highest BCUT2D eigenvalue weighted by atomic mass is 16.3. The molecule has 4 unspecified atom stereocenters. The van der Waals surface area contributed by atoms with Gasteiger partial charge in [-0.3, -0.25) is 0 Å².